The number of hydrogen-bond acceptors (Lipinski definition) is 6. The lowest BCUT2D eigenvalue weighted by molar-refractivity contribution is -0.286. The number of fused-ring (bicyclic) bond motifs is 2. The van der Waals surface area contributed by atoms with E-state index < -0.39 is 29.8 Å². The average Bonchev–Trinajstić information content (AvgIpc) is 3.61. The molecule has 1 N–H and O–H groups in total. The third-order valence-corrected chi connectivity index (χ3v) is 7.08. The zero-order valence-electron chi connectivity index (χ0n) is 19.8. The fraction of sp³-hybridized carbons (Fsp3) is 0.286. The SMILES string of the molecule is COC(=O)c1cccc([C@H]2CC(C(=O)NC3(c4ccc5c(c4)OC(F)(F)O5)CC3)c3ccccc3O2)c1. The van der Waals surface area contributed by atoms with Crippen LogP contribution in [0.2, 0.25) is 0 Å². The summed E-state index contributed by atoms with van der Waals surface area (Å²) < 4.78 is 47.1. The Labute approximate surface area is 211 Å². The Bertz CT molecular complexity index is 1400. The molecule has 1 saturated carbocycles. The van der Waals surface area contributed by atoms with Crippen LogP contribution in [0.15, 0.2) is 66.7 Å². The van der Waals surface area contributed by atoms with Crippen molar-refractivity contribution in [3.05, 3.63) is 89.0 Å². The molecule has 1 amide bonds. The lowest BCUT2D eigenvalue weighted by atomic mass is 9.86. The van der Waals surface area contributed by atoms with Crippen LogP contribution < -0.4 is 19.5 Å². The van der Waals surface area contributed by atoms with Gasteiger partial charge in [-0.05, 0) is 54.3 Å². The van der Waals surface area contributed by atoms with Crippen LogP contribution in [0.25, 0.3) is 0 Å². The second-order valence-corrected chi connectivity index (χ2v) is 9.45. The van der Waals surface area contributed by atoms with E-state index in [1.54, 1.807) is 24.3 Å². The number of amides is 1. The van der Waals surface area contributed by atoms with Crippen LogP contribution in [0, 0.1) is 0 Å². The van der Waals surface area contributed by atoms with Gasteiger partial charge >= 0.3 is 12.3 Å². The average molecular weight is 507 g/mol. The first-order chi connectivity index (χ1) is 17.8. The molecule has 37 heavy (non-hydrogen) atoms. The van der Waals surface area contributed by atoms with E-state index in [0.29, 0.717) is 36.1 Å². The van der Waals surface area contributed by atoms with Crippen molar-refractivity contribution in [3.63, 3.8) is 0 Å². The van der Waals surface area contributed by atoms with Crippen molar-refractivity contribution in [2.45, 2.75) is 43.1 Å². The predicted molar refractivity (Wildman–Crippen MR) is 127 cm³/mol. The number of esters is 1. The number of hydrogen-bond donors (Lipinski definition) is 1. The first-order valence-corrected chi connectivity index (χ1v) is 11.9. The van der Waals surface area contributed by atoms with E-state index in [9.17, 15) is 18.4 Å². The minimum atomic E-state index is -3.70. The Kier molecular flexibility index (Phi) is 5.33. The minimum Gasteiger partial charge on any atom is -0.485 e. The molecule has 1 aliphatic carbocycles. The van der Waals surface area contributed by atoms with Gasteiger partial charge in [-0.2, -0.15) is 0 Å². The zero-order chi connectivity index (χ0) is 25.8. The summed E-state index contributed by atoms with van der Waals surface area (Å²) in [6, 6.07) is 19.0. The van der Waals surface area contributed by atoms with E-state index >= 15 is 0 Å². The number of halogens is 2. The third-order valence-electron chi connectivity index (χ3n) is 7.08. The smallest absolute Gasteiger partial charge is 0.485 e. The number of benzene rings is 3. The molecule has 2 aliphatic heterocycles. The molecule has 3 aliphatic rings. The van der Waals surface area contributed by atoms with Gasteiger partial charge in [0.1, 0.15) is 11.9 Å². The molecule has 9 heteroatoms. The zero-order valence-corrected chi connectivity index (χ0v) is 19.8. The number of nitrogens with one attached hydrogen (secondary N) is 1. The van der Waals surface area contributed by atoms with Crippen LogP contribution in [-0.2, 0) is 15.1 Å². The number of carbonyl (C=O) groups excluding carboxylic acids is 2. The summed E-state index contributed by atoms with van der Waals surface area (Å²) in [4.78, 5) is 25.7. The van der Waals surface area contributed by atoms with Crippen molar-refractivity contribution < 1.29 is 37.3 Å². The number of rotatable bonds is 5. The molecule has 6 rings (SSSR count). The summed E-state index contributed by atoms with van der Waals surface area (Å²) in [5.41, 5.74) is 1.94. The van der Waals surface area contributed by atoms with Crippen molar-refractivity contribution in [2.24, 2.45) is 0 Å². The van der Waals surface area contributed by atoms with Gasteiger partial charge in [-0.15, -0.1) is 8.78 Å². The van der Waals surface area contributed by atoms with Crippen LogP contribution in [0.5, 0.6) is 17.2 Å². The van der Waals surface area contributed by atoms with Gasteiger partial charge in [0.2, 0.25) is 5.91 Å². The number of carbonyl (C=O) groups is 2. The molecule has 0 aromatic heterocycles. The molecule has 2 atom stereocenters. The van der Waals surface area contributed by atoms with Crippen LogP contribution in [-0.4, -0.2) is 25.3 Å². The fourth-order valence-corrected chi connectivity index (χ4v) is 5.03. The van der Waals surface area contributed by atoms with Gasteiger partial charge in [-0.1, -0.05) is 36.4 Å². The van der Waals surface area contributed by atoms with Gasteiger partial charge < -0.3 is 24.3 Å². The topological polar surface area (TPSA) is 83.1 Å². The second kappa shape index (κ2) is 8.47. The van der Waals surface area contributed by atoms with E-state index in [0.717, 1.165) is 11.1 Å². The van der Waals surface area contributed by atoms with Gasteiger partial charge in [0, 0.05) is 12.0 Å². The number of para-hydroxylation sites is 1. The first-order valence-electron chi connectivity index (χ1n) is 11.9. The number of alkyl halides is 2. The van der Waals surface area contributed by atoms with Crippen molar-refractivity contribution in [2.75, 3.05) is 7.11 Å². The Balaban J connectivity index is 1.27. The third kappa shape index (κ3) is 4.24. The normalized spacial score (nSPS) is 21.8. The van der Waals surface area contributed by atoms with Gasteiger partial charge in [0.15, 0.2) is 11.5 Å². The minimum absolute atomic E-state index is 0.0359. The van der Waals surface area contributed by atoms with Gasteiger partial charge in [-0.3, -0.25) is 4.79 Å². The molecule has 2 heterocycles. The highest BCUT2D eigenvalue weighted by Crippen LogP contribution is 2.51. The maximum atomic E-state index is 13.7. The summed E-state index contributed by atoms with van der Waals surface area (Å²) in [5, 5.41) is 3.16. The Morgan fingerprint density at radius 3 is 2.51 bits per heavy atom. The highest BCUT2D eigenvalue weighted by Gasteiger charge is 2.50. The van der Waals surface area contributed by atoms with Gasteiger partial charge in [0.05, 0.1) is 24.1 Å². The van der Waals surface area contributed by atoms with Crippen molar-refractivity contribution in [1.82, 2.24) is 5.32 Å². The van der Waals surface area contributed by atoms with Crippen molar-refractivity contribution in [1.29, 1.82) is 0 Å². The van der Waals surface area contributed by atoms with E-state index in [1.807, 2.05) is 30.3 Å². The molecule has 1 unspecified atom stereocenters. The molecule has 0 bridgehead atoms. The molecular weight excluding hydrogens is 484 g/mol. The Morgan fingerprint density at radius 1 is 0.946 bits per heavy atom. The summed E-state index contributed by atoms with van der Waals surface area (Å²) in [6.45, 7) is 0. The maximum Gasteiger partial charge on any atom is 0.586 e. The molecule has 7 nitrogen and oxygen atoms in total. The Hall–Kier alpha value is -4.14. The van der Waals surface area contributed by atoms with Crippen LogP contribution in [0.4, 0.5) is 8.78 Å². The molecule has 0 radical (unpaired) electrons. The van der Waals surface area contributed by atoms with E-state index in [-0.39, 0.29) is 17.4 Å². The van der Waals surface area contributed by atoms with Crippen LogP contribution in [0.1, 0.15) is 58.3 Å². The summed E-state index contributed by atoms with van der Waals surface area (Å²) in [7, 11) is 1.32. The number of methoxy groups -OCH3 is 1. The summed E-state index contributed by atoms with van der Waals surface area (Å²) >= 11 is 0. The van der Waals surface area contributed by atoms with E-state index in [4.69, 9.17) is 9.47 Å². The molecule has 3 aromatic carbocycles. The first kappa shape index (κ1) is 23.3. The molecular formula is C28H23F2NO6. The second-order valence-electron chi connectivity index (χ2n) is 9.45. The fourth-order valence-electron chi connectivity index (χ4n) is 5.03. The lowest BCUT2D eigenvalue weighted by Crippen LogP contribution is -2.40. The summed E-state index contributed by atoms with van der Waals surface area (Å²) in [6.07, 6.45) is -2.46. The van der Waals surface area contributed by atoms with Crippen LogP contribution >= 0.6 is 0 Å². The lowest BCUT2D eigenvalue weighted by Gasteiger charge is -2.33. The van der Waals surface area contributed by atoms with Crippen molar-refractivity contribution >= 4 is 11.9 Å². The van der Waals surface area contributed by atoms with Gasteiger partial charge in [0.25, 0.3) is 0 Å². The Morgan fingerprint density at radius 2 is 1.73 bits per heavy atom. The molecule has 190 valence electrons. The largest absolute Gasteiger partial charge is 0.586 e. The predicted octanol–water partition coefficient (Wildman–Crippen LogP) is 5.21. The quantitative estimate of drug-likeness (QED) is 0.478. The molecule has 0 saturated heterocycles. The molecule has 0 spiro atoms. The standard InChI is InChI=1S/C28H23F2NO6/c1-34-26(33)17-6-4-5-16(13-17)23-15-20(19-7-2-3-8-21(19)35-23)25(32)31-27(11-12-27)18-9-10-22-24(14-18)37-28(29,30)36-22/h2-10,13-14,20,23H,11-12,15H2,1H3,(H,31,32)/t20?,23-/m1/s1. The number of ether oxygens (including phenoxy) is 4. The van der Waals surface area contributed by atoms with E-state index in [1.165, 1.54) is 19.2 Å². The van der Waals surface area contributed by atoms with E-state index in [2.05, 4.69) is 14.8 Å². The monoisotopic (exact) mass is 507 g/mol. The summed E-state index contributed by atoms with van der Waals surface area (Å²) in [5.74, 6) is -0.656. The van der Waals surface area contributed by atoms with Crippen LogP contribution in [0.3, 0.4) is 0 Å². The highest BCUT2D eigenvalue weighted by molar-refractivity contribution is 5.89. The molecule has 1 fully saturated rings. The maximum absolute atomic E-state index is 13.7. The highest BCUT2D eigenvalue weighted by atomic mass is 19.3. The van der Waals surface area contributed by atoms with Crippen molar-refractivity contribution in [3.8, 4) is 17.2 Å². The molecule has 3 aromatic rings. The van der Waals surface area contributed by atoms with Gasteiger partial charge in [-0.25, -0.2) is 4.79 Å².